The van der Waals surface area contributed by atoms with E-state index in [0.717, 1.165) is 17.5 Å². The van der Waals surface area contributed by atoms with Crippen LogP contribution in [0.2, 0.25) is 5.02 Å². The second-order valence-corrected chi connectivity index (χ2v) is 3.54. The summed E-state index contributed by atoms with van der Waals surface area (Å²) >= 11 is 6.02. The van der Waals surface area contributed by atoms with Gasteiger partial charge in [0.1, 0.15) is 0 Å². The maximum absolute atomic E-state index is 11.4. The van der Waals surface area contributed by atoms with Crippen LogP contribution in [0.4, 0.5) is 0 Å². The van der Waals surface area contributed by atoms with Gasteiger partial charge in [0.15, 0.2) is 0 Å². The molecule has 1 aromatic carbocycles. The maximum atomic E-state index is 11.4. The molecule has 1 atom stereocenters. The highest BCUT2D eigenvalue weighted by atomic mass is 35.5. The first kappa shape index (κ1) is 8.57. The number of fused-ring (bicyclic) bond motifs is 1. The molecule has 2 rings (SSSR count). The zero-order valence-corrected chi connectivity index (χ0v) is 8.06. The quantitative estimate of drug-likeness (QED) is 0.733. The second-order valence-electron chi connectivity index (χ2n) is 3.14. The van der Waals surface area contributed by atoms with Crippen molar-refractivity contribution in [2.75, 3.05) is 0 Å². The molecule has 0 fully saturated rings. The fraction of sp³-hybridized carbons (Fsp3) is 0.300. The van der Waals surface area contributed by atoms with E-state index in [-0.39, 0.29) is 11.9 Å². The van der Waals surface area contributed by atoms with Gasteiger partial charge in [-0.3, -0.25) is 4.79 Å². The minimum Gasteiger partial charge on any atom is -0.345 e. The van der Waals surface area contributed by atoms with E-state index in [1.807, 2.05) is 19.1 Å². The molecule has 3 heteroatoms. The number of benzene rings is 1. The number of hydrogen-bond acceptors (Lipinski definition) is 1. The number of nitrogens with one attached hydrogen (secondary N) is 1. The summed E-state index contributed by atoms with van der Waals surface area (Å²) in [5.41, 5.74) is 1.68. The molecule has 68 valence electrons. The molecule has 1 amide bonds. The molecular weight excluding hydrogens is 186 g/mol. The predicted molar refractivity (Wildman–Crippen MR) is 52.0 cm³/mol. The molecule has 13 heavy (non-hydrogen) atoms. The van der Waals surface area contributed by atoms with Crippen molar-refractivity contribution in [2.24, 2.45) is 0 Å². The number of carbonyl (C=O) groups is 1. The normalized spacial score (nSPS) is 19.8. The van der Waals surface area contributed by atoms with Gasteiger partial charge < -0.3 is 5.32 Å². The van der Waals surface area contributed by atoms with Crippen LogP contribution in [-0.4, -0.2) is 5.91 Å². The van der Waals surface area contributed by atoms with E-state index in [4.69, 9.17) is 11.6 Å². The van der Waals surface area contributed by atoms with E-state index < -0.39 is 0 Å². The van der Waals surface area contributed by atoms with Crippen LogP contribution in [0, 0.1) is 0 Å². The highest BCUT2D eigenvalue weighted by molar-refractivity contribution is 6.32. The first-order valence-corrected chi connectivity index (χ1v) is 4.71. The van der Waals surface area contributed by atoms with Gasteiger partial charge in [-0.15, -0.1) is 0 Å². The van der Waals surface area contributed by atoms with Crippen molar-refractivity contribution >= 4 is 17.5 Å². The van der Waals surface area contributed by atoms with Gasteiger partial charge in [0.2, 0.25) is 0 Å². The molecule has 1 aliphatic heterocycles. The van der Waals surface area contributed by atoms with Crippen LogP contribution in [0.1, 0.15) is 35.3 Å². The zero-order valence-electron chi connectivity index (χ0n) is 7.30. The third-order valence-corrected chi connectivity index (χ3v) is 2.69. The minimum absolute atomic E-state index is 0.00986. The van der Waals surface area contributed by atoms with Gasteiger partial charge in [-0.25, -0.2) is 0 Å². The number of rotatable bonds is 1. The van der Waals surface area contributed by atoms with Crippen LogP contribution >= 0.6 is 11.6 Å². The van der Waals surface area contributed by atoms with Crippen molar-refractivity contribution in [1.29, 1.82) is 0 Å². The SMILES string of the molecule is CCC1NC(=O)c2cccc(Cl)c21. The highest BCUT2D eigenvalue weighted by Gasteiger charge is 2.28. The lowest BCUT2D eigenvalue weighted by Crippen LogP contribution is -2.18. The van der Waals surface area contributed by atoms with Gasteiger partial charge in [-0.2, -0.15) is 0 Å². The molecule has 1 heterocycles. The van der Waals surface area contributed by atoms with Crippen LogP contribution in [-0.2, 0) is 0 Å². The molecule has 1 N–H and O–H groups in total. The monoisotopic (exact) mass is 195 g/mol. The van der Waals surface area contributed by atoms with Crippen molar-refractivity contribution in [3.63, 3.8) is 0 Å². The van der Waals surface area contributed by atoms with Gasteiger partial charge in [0.25, 0.3) is 5.91 Å². The average molecular weight is 196 g/mol. The van der Waals surface area contributed by atoms with Crippen molar-refractivity contribution in [3.8, 4) is 0 Å². The lowest BCUT2D eigenvalue weighted by atomic mass is 10.0. The summed E-state index contributed by atoms with van der Waals surface area (Å²) < 4.78 is 0. The Morgan fingerprint density at radius 3 is 3.00 bits per heavy atom. The van der Waals surface area contributed by atoms with Crippen molar-refractivity contribution in [2.45, 2.75) is 19.4 Å². The molecule has 1 aromatic rings. The Morgan fingerprint density at radius 2 is 2.31 bits per heavy atom. The van der Waals surface area contributed by atoms with Gasteiger partial charge >= 0.3 is 0 Å². The van der Waals surface area contributed by atoms with E-state index in [9.17, 15) is 4.79 Å². The van der Waals surface area contributed by atoms with E-state index in [1.54, 1.807) is 6.07 Å². The summed E-state index contributed by atoms with van der Waals surface area (Å²) in [4.78, 5) is 11.4. The van der Waals surface area contributed by atoms with Crippen LogP contribution in [0.3, 0.4) is 0 Å². The highest BCUT2D eigenvalue weighted by Crippen LogP contribution is 2.33. The number of amides is 1. The van der Waals surface area contributed by atoms with Crippen molar-refractivity contribution in [1.82, 2.24) is 5.32 Å². The molecule has 2 nitrogen and oxygen atoms in total. The first-order valence-electron chi connectivity index (χ1n) is 4.33. The largest absolute Gasteiger partial charge is 0.345 e. The summed E-state index contributed by atoms with van der Waals surface area (Å²) in [7, 11) is 0. The molecule has 0 bridgehead atoms. The molecule has 0 aliphatic carbocycles. The number of halogens is 1. The van der Waals surface area contributed by atoms with Crippen LogP contribution in [0.25, 0.3) is 0 Å². The van der Waals surface area contributed by atoms with Gasteiger partial charge in [-0.05, 0) is 18.6 Å². The van der Waals surface area contributed by atoms with Crippen LogP contribution in [0.5, 0.6) is 0 Å². The number of carbonyl (C=O) groups excluding carboxylic acids is 1. The third kappa shape index (κ3) is 1.22. The lowest BCUT2D eigenvalue weighted by Gasteiger charge is -2.08. The molecule has 0 radical (unpaired) electrons. The summed E-state index contributed by atoms with van der Waals surface area (Å²) in [6.07, 6.45) is 0.877. The fourth-order valence-corrected chi connectivity index (χ4v) is 2.01. The van der Waals surface area contributed by atoms with Crippen LogP contribution in [0.15, 0.2) is 18.2 Å². The van der Waals surface area contributed by atoms with E-state index in [0.29, 0.717) is 5.02 Å². The average Bonchev–Trinajstić information content (AvgIpc) is 2.45. The Kier molecular flexibility index (Phi) is 2.00. The van der Waals surface area contributed by atoms with Gasteiger partial charge in [0, 0.05) is 16.1 Å². The predicted octanol–water partition coefficient (Wildman–Crippen LogP) is 2.53. The Hall–Kier alpha value is -1.02. The van der Waals surface area contributed by atoms with Crippen LogP contribution < -0.4 is 5.32 Å². The Bertz CT molecular complexity index is 362. The standard InChI is InChI=1S/C10H10ClNO/c1-2-8-9-6(10(13)12-8)4-3-5-7(9)11/h3-5,8H,2H2,1H3,(H,12,13). The zero-order chi connectivity index (χ0) is 9.42. The molecule has 0 saturated carbocycles. The Labute approximate surface area is 81.9 Å². The van der Waals surface area contributed by atoms with E-state index in [1.165, 1.54) is 0 Å². The smallest absolute Gasteiger partial charge is 0.252 e. The molecular formula is C10H10ClNO. The van der Waals surface area contributed by atoms with E-state index in [2.05, 4.69) is 5.32 Å². The summed E-state index contributed by atoms with van der Waals surface area (Å²) in [5, 5.41) is 3.57. The van der Waals surface area contributed by atoms with Crippen molar-refractivity contribution in [3.05, 3.63) is 34.3 Å². The topological polar surface area (TPSA) is 29.1 Å². The minimum atomic E-state index is -0.00986. The first-order chi connectivity index (χ1) is 6.24. The van der Waals surface area contributed by atoms with E-state index >= 15 is 0 Å². The molecule has 1 unspecified atom stereocenters. The number of hydrogen-bond donors (Lipinski definition) is 1. The summed E-state index contributed by atoms with van der Waals surface area (Å²) in [6, 6.07) is 5.53. The molecule has 1 aliphatic rings. The Balaban J connectivity index is 2.58. The molecule has 0 aromatic heterocycles. The molecule has 0 spiro atoms. The van der Waals surface area contributed by atoms with Gasteiger partial charge in [-0.1, -0.05) is 24.6 Å². The summed E-state index contributed by atoms with van der Waals surface area (Å²) in [5.74, 6) is -0.00986. The Morgan fingerprint density at radius 1 is 1.54 bits per heavy atom. The fourth-order valence-electron chi connectivity index (χ4n) is 1.70. The summed E-state index contributed by atoms with van der Waals surface area (Å²) in [6.45, 7) is 2.03. The lowest BCUT2D eigenvalue weighted by molar-refractivity contribution is 0.0955. The third-order valence-electron chi connectivity index (χ3n) is 2.36. The maximum Gasteiger partial charge on any atom is 0.252 e. The second kappa shape index (κ2) is 3.04. The van der Waals surface area contributed by atoms with Gasteiger partial charge in [0.05, 0.1) is 6.04 Å². The van der Waals surface area contributed by atoms with Crippen molar-refractivity contribution < 1.29 is 4.79 Å². The molecule has 0 saturated heterocycles.